The number of amides is 1. The van der Waals surface area contributed by atoms with E-state index in [4.69, 9.17) is 0 Å². The molecular formula is C14H12N4O3S3. The highest BCUT2D eigenvalue weighted by Crippen LogP contribution is 2.20. The van der Waals surface area contributed by atoms with E-state index in [0.717, 1.165) is 11.3 Å². The van der Waals surface area contributed by atoms with Crippen LogP contribution in [0.2, 0.25) is 0 Å². The summed E-state index contributed by atoms with van der Waals surface area (Å²) in [6.07, 6.45) is 1.64. The van der Waals surface area contributed by atoms with Crippen molar-refractivity contribution in [3.05, 3.63) is 53.0 Å². The number of benzene rings is 1. The van der Waals surface area contributed by atoms with Crippen molar-refractivity contribution in [2.45, 2.75) is 11.3 Å². The maximum absolute atomic E-state index is 12.2. The van der Waals surface area contributed by atoms with E-state index in [1.54, 1.807) is 35.2 Å². The maximum Gasteiger partial charge on any atom is 0.263 e. The van der Waals surface area contributed by atoms with Crippen molar-refractivity contribution in [2.75, 3.05) is 10.0 Å². The maximum atomic E-state index is 12.2. The van der Waals surface area contributed by atoms with Crippen LogP contribution in [0.4, 0.5) is 10.3 Å². The average Bonchev–Trinajstić information content (AvgIpc) is 3.20. The molecule has 0 fully saturated rings. The second-order valence-corrected chi connectivity index (χ2v) is 8.06. The van der Waals surface area contributed by atoms with Crippen LogP contribution in [0.5, 0.6) is 0 Å². The standard InChI is InChI=1S/C14H12N4O3S3/c19-12(17-13-15-6-7-22-13)8-10-9-23-14(16-10)18-24(20,21)11-4-2-1-3-5-11/h1-7,9H,8H2,(H,16,18)(H,15,17,19). The minimum absolute atomic E-state index is 0.0448. The predicted octanol–water partition coefficient (Wildman–Crippen LogP) is 2.58. The van der Waals surface area contributed by atoms with Gasteiger partial charge in [-0.1, -0.05) is 18.2 Å². The van der Waals surface area contributed by atoms with E-state index in [9.17, 15) is 13.2 Å². The van der Waals surface area contributed by atoms with Crippen molar-refractivity contribution < 1.29 is 13.2 Å². The predicted molar refractivity (Wildman–Crippen MR) is 93.8 cm³/mol. The zero-order valence-corrected chi connectivity index (χ0v) is 14.6. The molecule has 2 N–H and O–H groups in total. The fraction of sp³-hybridized carbons (Fsp3) is 0.0714. The Labute approximate surface area is 146 Å². The third kappa shape index (κ3) is 4.16. The number of nitrogens with zero attached hydrogens (tertiary/aromatic N) is 2. The van der Waals surface area contributed by atoms with Gasteiger partial charge >= 0.3 is 0 Å². The zero-order valence-electron chi connectivity index (χ0n) is 12.2. The molecule has 2 aromatic heterocycles. The average molecular weight is 380 g/mol. The molecule has 3 rings (SSSR count). The SMILES string of the molecule is O=C(Cc1csc(NS(=O)(=O)c2ccccc2)n1)Nc1nccs1. The quantitative estimate of drug-likeness (QED) is 0.684. The Morgan fingerprint density at radius 3 is 2.62 bits per heavy atom. The summed E-state index contributed by atoms with van der Waals surface area (Å²) in [5.74, 6) is -0.257. The van der Waals surface area contributed by atoms with Gasteiger partial charge in [0, 0.05) is 17.0 Å². The molecule has 1 aromatic carbocycles. The number of rotatable bonds is 6. The van der Waals surface area contributed by atoms with Gasteiger partial charge in [-0.2, -0.15) is 0 Å². The minimum atomic E-state index is -3.68. The van der Waals surface area contributed by atoms with Crippen LogP contribution in [0.15, 0.2) is 52.2 Å². The van der Waals surface area contributed by atoms with E-state index >= 15 is 0 Å². The van der Waals surface area contributed by atoms with Crippen LogP contribution in [-0.4, -0.2) is 24.3 Å². The Bertz CT molecular complexity index is 921. The first-order valence-electron chi connectivity index (χ1n) is 6.74. The van der Waals surface area contributed by atoms with Crippen molar-refractivity contribution >= 4 is 48.9 Å². The molecule has 0 unspecified atom stereocenters. The van der Waals surface area contributed by atoms with Crippen molar-refractivity contribution in [3.63, 3.8) is 0 Å². The smallest absolute Gasteiger partial charge is 0.263 e. The lowest BCUT2D eigenvalue weighted by Gasteiger charge is -2.04. The van der Waals surface area contributed by atoms with E-state index in [1.165, 1.54) is 23.5 Å². The summed E-state index contributed by atoms with van der Waals surface area (Å²) in [6.45, 7) is 0. The molecule has 24 heavy (non-hydrogen) atoms. The van der Waals surface area contributed by atoms with Crippen LogP contribution >= 0.6 is 22.7 Å². The first-order chi connectivity index (χ1) is 11.5. The molecule has 0 aliphatic heterocycles. The molecular weight excluding hydrogens is 368 g/mol. The number of carbonyl (C=O) groups is 1. The topological polar surface area (TPSA) is 101 Å². The van der Waals surface area contributed by atoms with Crippen LogP contribution in [0.1, 0.15) is 5.69 Å². The molecule has 0 aliphatic rings. The molecule has 0 radical (unpaired) electrons. The van der Waals surface area contributed by atoms with Crippen LogP contribution < -0.4 is 10.0 Å². The molecule has 124 valence electrons. The molecule has 0 saturated heterocycles. The lowest BCUT2D eigenvalue weighted by atomic mass is 10.3. The molecule has 0 bridgehead atoms. The first kappa shape index (κ1) is 16.6. The highest BCUT2D eigenvalue weighted by Gasteiger charge is 2.16. The van der Waals surface area contributed by atoms with E-state index in [0.29, 0.717) is 10.8 Å². The van der Waals surface area contributed by atoms with Gasteiger partial charge in [-0.25, -0.2) is 18.4 Å². The third-order valence-electron chi connectivity index (χ3n) is 2.85. The van der Waals surface area contributed by atoms with E-state index in [-0.39, 0.29) is 22.4 Å². The van der Waals surface area contributed by atoms with E-state index in [1.807, 2.05) is 0 Å². The van der Waals surface area contributed by atoms with Gasteiger partial charge in [0.05, 0.1) is 17.0 Å². The number of hydrogen-bond acceptors (Lipinski definition) is 7. The summed E-state index contributed by atoms with van der Waals surface area (Å²) >= 11 is 2.45. The monoisotopic (exact) mass is 380 g/mol. The van der Waals surface area contributed by atoms with Gasteiger partial charge in [0.1, 0.15) is 0 Å². The van der Waals surface area contributed by atoms with E-state index < -0.39 is 10.0 Å². The van der Waals surface area contributed by atoms with Crippen LogP contribution in [0, 0.1) is 0 Å². The summed E-state index contributed by atoms with van der Waals surface area (Å²) < 4.78 is 26.8. The Kier molecular flexibility index (Phi) is 4.88. The Hall–Kier alpha value is -2.30. The summed E-state index contributed by atoms with van der Waals surface area (Å²) in [7, 11) is -3.68. The Morgan fingerprint density at radius 2 is 1.92 bits per heavy atom. The molecule has 10 heteroatoms. The number of nitrogens with one attached hydrogen (secondary N) is 2. The number of hydrogen-bond donors (Lipinski definition) is 2. The van der Waals surface area contributed by atoms with Gasteiger partial charge in [0.25, 0.3) is 10.0 Å². The number of carbonyl (C=O) groups excluding carboxylic acids is 1. The fourth-order valence-corrected chi connectivity index (χ4v) is 4.35. The molecule has 2 heterocycles. The highest BCUT2D eigenvalue weighted by molar-refractivity contribution is 7.93. The van der Waals surface area contributed by atoms with Crippen molar-refractivity contribution in [3.8, 4) is 0 Å². The minimum Gasteiger partial charge on any atom is -0.302 e. The van der Waals surface area contributed by atoms with Gasteiger partial charge in [-0.3, -0.25) is 9.52 Å². The van der Waals surface area contributed by atoms with Crippen molar-refractivity contribution in [2.24, 2.45) is 0 Å². The third-order valence-corrected chi connectivity index (χ3v) is 5.83. The normalized spacial score (nSPS) is 11.2. The molecule has 7 nitrogen and oxygen atoms in total. The van der Waals surface area contributed by atoms with Gasteiger partial charge in [0.15, 0.2) is 10.3 Å². The van der Waals surface area contributed by atoms with E-state index in [2.05, 4.69) is 20.0 Å². The second kappa shape index (κ2) is 7.07. The molecule has 3 aromatic rings. The molecule has 0 atom stereocenters. The van der Waals surface area contributed by atoms with Crippen LogP contribution in [0.3, 0.4) is 0 Å². The summed E-state index contributed by atoms with van der Waals surface area (Å²) in [5.41, 5.74) is 0.486. The van der Waals surface area contributed by atoms with Crippen molar-refractivity contribution in [1.29, 1.82) is 0 Å². The van der Waals surface area contributed by atoms with Gasteiger partial charge in [0.2, 0.25) is 5.91 Å². The molecule has 0 saturated carbocycles. The zero-order chi connectivity index (χ0) is 17.0. The van der Waals surface area contributed by atoms with Crippen LogP contribution in [-0.2, 0) is 21.2 Å². The lowest BCUT2D eigenvalue weighted by Crippen LogP contribution is -2.15. The van der Waals surface area contributed by atoms with Gasteiger partial charge in [-0.15, -0.1) is 22.7 Å². The summed E-state index contributed by atoms with van der Waals surface area (Å²) in [4.78, 5) is 20.1. The highest BCUT2D eigenvalue weighted by atomic mass is 32.2. The number of sulfonamides is 1. The largest absolute Gasteiger partial charge is 0.302 e. The molecule has 0 spiro atoms. The van der Waals surface area contributed by atoms with Gasteiger partial charge in [-0.05, 0) is 12.1 Å². The Balaban J connectivity index is 1.64. The summed E-state index contributed by atoms with van der Waals surface area (Å²) in [5, 5.41) is 6.78. The molecule has 1 amide bonds. The Morgan fingerprint density at radius 1 is 1.12 bits per heavy atom. The van der Waals surface area contributed by atoms with Crippen LogP contribution in [0.25, 0.3) is 0 Å². The first-order valence-corrected chi connectivity index (χ1v) is 9.99. The molecule has 0 aliphatic carbocycles. The second-order valence-electron chi connectivity index (χ2n) is 4.62. The fourth-order valence-electron chi connectivity index (χ4n) is 1.82. The lowest BCUT2D eigenvalue weighted by molar-refractivity contribution is -0.115. The van der Waals surface area contributed by atoms with Gasteiger partial charge < -0.3 is 5.32 Å². The number of thiazole rings is 2. The number of aromatic nitrogens is 2. The summed E-state index contributed by atoms with van der Waals surface area (Å²) in [6, 6.07) is 8.02. The number of anilines is 2. The van der Waals surface area contributed by atoms with Crippen molar-refractivity contribution in [1.82, 2.24) is 9.97 Å².